The quantitative estimate of drug-likeness (QED) is 0.480. The normalized spacial score (nSPS) is 16.6. The van der Waals surface area contributed by atoms with E-state index < -0.39 is 24.2 Å². The molecule has 2 aliphatic heterocycles. The van der Waals surface area contributed by atoms with E-state index in [0.717, 1.165) is 5.69 Å². The van der Waals surface area contributed by atoms with E-state index in [1.165, 1.54) is 42.5 Å². The van der Waals surface area contributed by atoms with Gasteiger partial charge in [-0.05, 0) is 48.5 Å². The van der Waals surface area contributed by atoms with Gasteiger partial charge >= 0.3 is 5.97 Å². The van der Waals surface area contributed by atoms with Gasteiger partial charge in [-0.3, -0.25) is 4.79 Å². The summed E-state index contributed by atoms with van der Waals surface area (Å²) in [6, 6.07) is 16.1. The minimum absolute atomic E-state index is 0.0372. The predicted molar refractivity (Wildman–Crippen MR) is 139 cm³/mol. The van der Waals surface area contributed by atoms with Crippen LogP contribution in [-0.4, -0.2) is 48.1 Å². The van der Waals surface area contributed by atoms with Crippen LogP contribution in [0.25, 0.3) is 0 Å². The summed E-state index contributed by atoms with van der Waals surface area (Å²) < 4.78 is 33.7. The first-order valence-electron chi connectivity index (χ1n) is 12.1. The van der Waals surface area contributed by atoms with Gasteiger partial charge in [-0.15, -0.1) is 5.26 Å². The van der Waals surface area contributed by atoms with Gasteiger partial charge < -0.3 is 24.5 Å². The Morgan fingerprint density at radius 1 is 1.03 bits per heavy atom. The molecular formula is C28H22F2N6O3. The average Bonchev–Trinajstić information content (AvgIpc) is 2.94. The summed E-state index contributed by atoms with van der Waals surface area (Å²) in [4.78, 5) is 22.3. The highest BCUT2D eigenvalue weighted by molar-refractivity contribution is 6.02. The number of hydrogen-bond acceptors (Lipinski definition) is 8. The van der Waals surface area contributed by atoms with Gasteiger partial charge in [-0.25, -0.2) is 13.8 Å². The number of halogens is 2. The monoisotopic (exact) mass is 528 g/mol. The predicted octanol–water partition coefficient (Wildman–Crippen LogP) is 4.54. The topological polar surface area (TPSA) is 116 Å². The van der Waals surface area contributed by atoms with Gasteiger partial charge in [0.15, 0.2) is 5.75 Å². The summed E-state index contributed by atoms with van der Waals surface area (Å²) >= 11 is 0. The molecule has 5 rings (SSSR count). The van der Waals surface area contributed by atoms with E-state index in [0.29, 0.717) is 31.7 Å². The number of anilines is 2. The third kappa shape index (κ3) is 5.03. The molecule has 3 aromatic rings. The number of aliphatic imine (C=N–C) groups is 1. The molecule has 0 spiro atoms. The van der Waals surface area contributed by atoms with Crippen molar-refractivity contribution in [1.29, 1.82) is 10.5 Å². The first-order chi connectivity index (χ1) is 18.9. The molecule has 1 atom stereocenters. The Bertz CT molecular complexity index is 1520. The molecule has 39 heavy (non-hydrogen) atoms. The van der Waals surface area contributed by atoms with Crippen LogP contribution < -0.4 is 14.5 Å². The lowest BCUT2D eigenvalue weighted by Crippen LogP contribution is -2.55. The minimum Gasteiger partial charge on any atom is -0.481 e. The Hall–Kier alpha value is -5.16. The number of carbonyl (C=O) groups is 1. The number of carboxylic acid groups (broad SMARTS) is 1. The van der Waals surface area contributed by atoms with Crippen LogP contribution in [0.15, 0.2) is 65.7 Å². The highest BCUT2D eigenvalue weighted by Gasteiger charge is 2.39. The van der Waals surface area contributed by atoms with Gasteiger partial charge in [-0.1, -0.05) is 12.1 Å². The second kappa shape index (κ2) is 10.7. The van der Waals surface area contributed by atoms with Crippen molar-refractivity contribution in [3.05, 3.63) is 83.4 Å². The number of hydrogen-bond donors (Lipinski definition) is 1. The summed E-state index contributed by atoms with van der Waals surface area (Å²) in [5, 5.41) is 28.7. The zero-order valence-corrected chi connectivity index (χ0v) is 20.6. The van der Waals surface area contributed by atoms with E-state index in [2.05, 4.69) is 16.0 Å². The van der Waals surface area contributed by atoms with Crippen molar-refractivity contribution < 1.29 is 23.4 Å². The number of piperazine rings is 1. The molecule has 0 aromatic heterocycles. The first-order valence-corrected chi connectivity index (χ1v) is 12.1. The summed E-state index contributed by atoms with van der Waals surface area (Å²) in [5.74, 6) is -1.67. The zero-order valence-electron chi connectivity index (χ0n) is 20.6. The number of benzene rings is 3. The molecule has 3 aromatic carbocycles. The summed E-state index contributed by atoms with van der Waals surface area (Å²) in [7, 11) is 0. The van der Waals surface area contributed by atoms with E-state index in [9.17, 15) is 24.8 Å². The molecule has 11 heteroatoms. The lowest BCUT2D eigenvalue weighted by atomic mass is 9.96. The highest BCUT2D eigenvalue weighted by Crippen LogP contribution is 2.44. The standard InChI is InChI=1S/C28H22F2N6O3/c29-19-5-7-20(8-6-19)34-10-12-35(13-11-34)28-33-27-21(2-1-3-22(27)30)23(15-26(37)38)36(28)24-14-18(16-31)4-9-25(24)39-17-32/h1-9,14,23H,10-13,15H2,(H,37,38). The van der Waals surface area contributed by atoms with Crippen molar-refractivity contribution in [1.82, 2.24) is 4.90 Å². The molecule has 0 aliphatic carbocycles. The van der Waals surface area contributed by atoms with Crippen LogP contribution in [0.3, 0.4) is 0 Å². The number of carboxylic acids is 1. The van der Waals surface area contributed by atoms with Crippen molar-refractivity contribution in [2.75, 3.05) is 36.0 Å². The van der Waals surface area contributed by atoms with Crippen molar-refractivity contribution in [3.63, 3.8) is 0 Å². The minimum atomic E-state index is -1.12. The van der Waals surface area contributed by atoms with Crippen LogP contribution in [0.5, 0.6) is 5.75 Å². The Kier molecular flexibility index (Phi) is 6.98. The first kappa shape index (κ1) is 25.5. The number of aliphatic carboxylic acids is 1. The van der Waals surface area contributed by atoms with Crippen molar-refractivity contribution in [3.8, 4) is 18.1 Å². The lowest BCUT2D eigenvalue weighted by Gasteiger charge is -2.45. The molecule has 1 unspecified atom stereocenters. The smallest absolute Gasteiger partial charge is 0.305 e. The Balaban J connectivity index is 1.61. The number of rotatable bonds is 5. The van der Waals surface area contributed by atoms with E-state index in [4.69, 9.17) is 4.74 Å². The third-order valence-corrected chi connectivity index (χ3v) is 6.74. The van der Waals surface area contributed by atoms with Gasteiger partial charge in [0.05, 0.1) is 29.8 Å². The maximum atomic E-state index is 15.0. The number of ether oxygens (including phenoxy) is 1. The van der Waals surface area contributed by atoms with Crippen LogP contribution in [0.1, 0.15) is 23.6 Å². The molecule has 0 saturated carbocycles. The average molecular weight is 529 g/mol. The van der Waals surface area contributed by atoms with Gasteiger partial charge in [0.25, 0.3) is 6.26 Å². The number of fused-ring (bicyclic) bond motifs is 1. The summed E-state index contributed by atoms with van der Waals surface area (Å²) in [5.41, 5.74) is 1.77. The number of nitrogens with zero attached hydrogens (tertiary/aromatic N) is 6. The highest BCUT2D eigenvalue weighted by atomic mass is 19.1. The fourth-order valence-corrected chi connectivity index (χ4v) is 4.94. The van der Waals surface area contributed by atoms with Crippen LogP contribution >= 0.6 is 0 Å². The SMILES string of the molecule is N#COc1ccc(C#N)cc1N1C(N2CCN(c3ccc(F)cc3)CC2)=Nc2c(F)cccc2C1CC(=O)O. The molecule has 9 nitrogen and oxygen atoms in total. The van der Waals surface area contributed by atoms with Crippen molar-refractivity contribution in [2.45, 2.75) is 12.5 Å². The van der Waals surface area contributed by atoms with Crippen LogP contribution in [0.4, 0.5) is 25.8 Å². The molecule has 2 aliphatic rings. The second-order valence-electron chi connectivity index (χ2n) is 9.01. The van der Waals surface area contributed by atoms with Crippen LogP contribution in [-0.2, 0) is 4.79 Å². The van der Waals surface area contributed by atoms with E-state index in [1.807, 2.05) is 4.90 Å². The van der Waals surface area contributed by atoms with Crippen LogP contribution in [0, 0.1) is 34.5 Å². The Morgan fingerprint density at radius 2 is 1.74 bits per heavy atom. The van der Waals surface area contributed by atoms with Crippen LogP contribution in [0.2, 0.25) is 0 Å². The zero-order chi connectivity index (χ0) is 27.5. The fourth-order valence-electron chi connectivity index (χ4n) is 4.94. The molecule has 1 saturated heterocycles. The number of para-hydroxylation sites is 1. The number of guanidine groups is 1. The van der Waals surface area contributed by atoms with Gasteiger partial charge in [0, 0.05) is 37.4 Å². The van der Waals surface area contributed by atoms with E-state index in [1.54, 1.807) is 29.4 Å². The van der Waals surface area contributed by atoms with E-state index >= 15 is 4.39 Å². The number of nitriles is 2. The Labute approximate surface area is 223 Å². The van der Waals surface area contributed by atoms with Gasteiger partial charge in [-0.2, -0.15) is 5.26 Å². The maximum Gasteiger partial charge on any atom is 0.305 e. The lowest BCUT2D eigenvalue weighted by molar-refractivity contribution is -0.137. The molecule has 0 radical (unpaired) electrons. The molecule has 196 valence electrons. The fraction of sp³-hybridized carbons (Fsp3) is 0.214. The molecule has 0 amide bonds. The largest absolute Gasteiger partial charge is 0.481 e. The summed E-state index contributed by atoms with van der Waals surface area (Å²) in [6.07, 6.45) is 1.23. The van der Waals surface area contributed by atoms with Crippen molar-refractivity contribution >= 4 is 29.0 Å². The van der Waals surface area contributed by atoms with Crippen molar-refractivity contribution in [2.24, 2.45) is 4.99 Å². The maximum absolute atomic E-state index is 15.0. The molecule has 2 heterocycles. The van der Waals surface area contributed by atoms with E-state index in [-0.39, 0.29) is 34.5 Å². The summed E-state index contributed by atoms with van der Waals surface area (Å²) in [6.45, 7) is 1.93. The molecule has 1 N–H and O–H groups in total. The second-order valence-corrected chi connectivity index (χ2v) is 9.01. The molecule has 1 fully saturated rings. The third-order valence-electron chi connectivity index (χ3n) is 6.74. The Morgan fingerprint density at radius 3 is 2.41 bits per heavy atom. The molecule has 0 bridgehead atoms. The van der Waals surface area contributed by atoms with Gasteiger partial charge in [0.1, 0.15) is 17.3 Å². The van der Waals surface area contributed by atoms with Gasteiger partial charge in [0.2, 0.25) is 5.96 Å². The molecular weight excluding hydrogens is 506 g/mol.